The van der Waals surface area contributed by atoms with E-state index in [0.29, 0.717) is 0 Å². The van der Waals surface area contributed by atoms with Gasteiger partial charge in [-0.05, 0) is 11.4 Å². The minimum absolute atomic E-state index is 0.753. The van der Waals surface area contributed by atoms with Crippen LogP contribution in [0, 0.1) is 0 Å². The predicted octanol–water partition coefficient (Wildman–Crippen LogP) is 4.16. The van der Waals surface area contributed by atoms with Crippen molar-refractivity contribution in [2.45, 2.75) is 6.17 Å². The summed E-state index contributed by atoms with van der Waals surface area (Å²) in [4.78, 5) is 0.753. The zero-order chi connectivity index (χ0) is 8.55. The molecule has 0 bridgehead atoms. The van der Waals surface area contributed by atoms with E-state index in [4.69, 9.17) is 0 Å². The lowest BCUT2D eigenvalue weighted by Gasteiger charge is -1.94. The van der Waals surface area contributed by atoms with Crippen LogP contribution in [0.1, 0.15) is 11.0 Å². The molecule has 0 nitrogen and oxygen atoms in total. The SMILES string of the molecule is C=CC(F)c1cc2cscc2s1. The van der Waals surface area contributed by atoms with Crippen molar-refractivity contribution >= 4 is 32.8 Å². The number of thiophene rings is 2. The summed E-state index contributed by atoms with van der Waals surface area (Å²) in [6, 6.07) is 1.89. The fraction of sp³-hybridized carbons (Fsp3) is 0.111. The first kappa shape index (κ1) is 7.95. The van der Waals surface area contributed by atoms with Gasteiger partial charge >= 0.3 is 0 Å². The molecule has 62 valence electrons. The molecule has 0 aliphatic rings. The Balaban J connectivity index is 2.50. The Morgan fingerprint density at radius 1 is 1.50 bits per heavy atom. The lowest BCUT2D eigenvalue weighted by molar-refractivity contribution is 0.421. The zero-order valence-electron chi connectivity index (χ0n) is 6.29. The van der Waals surface area contributed by atoms with Crippen LogP contribution in [0.3, 0.4) is 0 Å². The molecule has 2 heterocycles. The van der Waals surface area contributed by atoms with Crippen molar-refractivity contribution < 1.29 is 4.39 Å². The van der Waals surface area contributed by atoms with Crippen LogP contribution in [0.5, 0.6) is 0 Å². The highest BCUT2D eigenvalue weighted by atomic mass is 32.1. The van der Waals surface area contributed by atoms with E-state index in [9.17, 15) is 4.39 Å². The first-order chi connectivity index (χ1) is 5.81. The van der Waals surface area contributed by atoms with Gasteiger partial charge in [-0.3, -0.25) is 0 Å². The maximum atomic E-state index is 13.1. The number of hydrogen-bond donors (Lipinski definition) is 0. The molecule has 0 amide bonds. The molecule has 2 aromatic heterocycles. The maximum absolute atomic E-state index is 13.1. The van der Waals surface area contributed by atoms with Gasteiger partial charge in [0.1, 0.15) is 0 Å². The number of hydrogen-bond acceptors (Lipinski definition) is 2. The third-order valence-electron chi connectivity index (χ3n) is 1.66. The third-order valence-corrected chi connectivity index (χ3v) is 3.72. The summed E-state index contributed by atoms with van der Waals surface area (Å²) in [5.74, 6) is 0. The van der Waals surface area contributed by atoms with Crippen molar-refractivity contribution in [3.8, 4) is 0 Å². The Morgan fingerprint density at radius 2 is 2.33 bits per heavy atom. The average molecular weight is 198 g/mol. The minimum atomic E-state index is -1.01. The van der Waals surface area contributed by atoms with Gasteiger partial charge in [-0.25, -0.2) is 4.39 Å². The second-order valence-corrected chi connectivity index (χ2v) is 4.34. The summed E-state index contributed by atoms with van der Waals surface area (Å²) in [5, 5.41) is 5.22. The van der Waals surface area contributed by atoms with Gasteiger partial charge in [-0.1, -0.05) is 12.7 Å². The van der Waals surface area contributed by atoms with Crippen molar-refractivity contribution in [1.29, 1.82) is 0 Å². The molecule has 1 atom stereocenters. The highest BCUT2D eigenvalue weighted by Crippen LogP contribution is 2.33. The van der Waals surface area contributed by atoms with Crippen LogP contribution in [0.25, 0.3) is 10.1 Å². The summed E-state index contributed by atoms with van der Waals surface area (Å²) in [5.41, 5.74) is 0. The van der Waals surface area contributed by atoms with Crippen molar-refractivity contribution in [2.24, 2.45) is 0 Å². The van der Waals surface area contributed by atoms with Gasteiger partial charge in [0.05, 0.1) is 0 Å². The van der Waals surface area contributed by atoms with Crippen LogP contribution in [-0.2, 0) is 0 Å². The summed E-state index contributed by atoms with van der Waals surface area (Å²) < 4.78 is 14.2. The highest BCUT2D eigenvalue weighted by Gasteiger charge is 2.09. The van der Waals surface area contributed by atoms with Gasteiger partial charge in [-0.2, -0.15) is 11.3 Å². The quantitative estimate of drug-likeness (QED) is 0.636. The van der Waals surface area contributed by atoms with Gasteiger partial charge in [0, 0.05) is 20.3 Å². The Hall–Kier alpha value is -0.670. The number of alkyl halides is 1. The largest absolute Gasteiger partial charge is 0.237 e. The van der Waals surface area contributed by atoms with E-state index in [1.807, 2.05) is 16.8 Å². The standard InChI is InChI=1S/C9H7FS2/c1-2-7(10)8-3-6-4-11-5-9(6)12-8/h2-5,7H,1H2. The predicted molar refractivity (Wildman–Crippen MR) is 53.7 cm³/mol. The maximum Gasteiger partial charge on any atom is 0.152 e. The van der Waals surface area contributed by atoms with Crippen LogP contribution < -0.4 is 0 Å². The van der Waals surface area contributed by atoms with E-state index in [1.165, 1.54) is 22.1 Å². The molecular weight excluding hydrogens is 191 g/mol. The van der Waals surface area contributed by atoms with Crippen molar-refractivity contribution in [2.75, 3.05) is 0 Å². The molecule has 0 radical (unpaired) electrons. The molecular formula is C9H7FS2. The molecule has 0 fully saturated rings. The van der Waals surface area contributed by atoms with E-state index in [-0.39, 0.29) is 0 Å². The van der Waals surface area contributed by atoms with Gasteiger partial charge < -0.3 is 0 Å². The van der Waals surface area contributed by atoms with E-state index < -0.39 is 6.17 Å². The van der Waals surface area contributed by atoms with Gasteiger partial charge in [-0.15, -0.1) is 11.3 Å². The highest BCUT2D eigenvalue weighted by molar-refractivity contribution is 7.22. The van der Waals surface area contributed by atoms with E-state index in [0.717, 1.165) is 10.3 Å². The fourth-order valence-electron chi connectivity index (χ4n) is 1.05. The molecule has 12 heavy (non-hydrogen) atoms. The number of halogens is 1. The lowest BCUT2D eigenvalue weighted by atomic mass is 10.3. The van der Waals surface area contributed by atoms with Gasteiger partial charge in [0.25, 0.3) is 0 Å². The molecule has 2 rings (SSSR count). The Bertz CT molecular complexity index is 371. The number of fused-ring (bicyclic) bond motifs is 1. The average Bonchev–Trinajstić information content (AvgIpc) is 2.60. The molecule has 0 saturated heterocycles. The van der Waals surface area contributed by atoms with Crippen LogP contribution in [0.4, 0.5) is 4.39 Å². The first-order valence-electron chi connectivity index (χ1n) is 3.53. The molecule has 1 unspecified atom stereocenters. The second-order valence-electron chi connectivity index (χ2n) is 2.48. The summed E-state index contributed by atoms with van der Waals surface area (Å²) in [6.07, 6.45) is 0.320. The first-order valence-corrected chi connectivity index (χ1v) is 5.29. The smallest absolute Gasteiger partial charge is 0.152 e. The monoisotopic (exact) mass is 198 g/mol. The molecule has 0 saturated carbocycles. The van der Waals surface area contributed by atoms with Gasteiger partial charge in [0.2, 0.25) is 0 Å². The molecule has 0 aromatic carbocycles. The lowest BCUT2D eigenvalue weighted by Crippen LogP contribution is -1.77. The van der Waals surface area contributed by atoms with E-state index >= 15 is 0 Å². The van der Waals surface area contributed by atoms with Gasteiger partial charge in [0.15, 0.2) is 6.17 Å². The van der Waals surface area contributed by atoms with Crippen molar-refractivity contribution in [3.63, 3.8) is 0 Å². The number of rotatable bonds is 2. The molecule has 3 heteroatoms. The van der Waals surface area contributed by atoms with Crippen molar-refractivity contribution in [3.05, 3.63) is 34.4 Å². The van der Waals surface area contributed by atoms with Crippen LogP contribution in [0.2, 0.25) is 0 Å². The molecule has 0 aliphatic heterocycles. The summed E-state index contributed by atoms with van der Waals surface area (Å²) in [6.45, 7) is 3.43. The topological polar surface area (TPSA) is 0 Å². The fourth-order valence-corrected chi connectivity index (χ4v) is 3.03. The third kappa shape index (κ3) is 1.19. The molecule has 2 aromatic rings. The van der Waals surface area contributed by atoms with Crippen LogP contribution >= 0.6 is 22.7 Å². The summed E-state index contributed by atoms with van der Waals surface area (Å²) >= 11 is 3.15. The van der Waals surface area contributed by atoms with E-state index in [1.54, 1.807) is 11.3 Å². The normalized spacial score (nSPS) is 13.4. The molecule has 0 N–H and O–H groups in total. The summed E-state index contributed by atoms with van der Waals surface area (Å²) in [7, 11) is 0. The minimum Gasteiger partial charge on any atom is -0.237 e. The second kappa shape index (κ2) is 2.99. The van der Waals surface area contributed by atoms with Crippen molar-refractivity contribution in [1.82, 2.24) is 0 Å². The molecule has 0 spiro atoms. The molecule has 0 aliphatic carbocycles. The zero-order valence-corrected chi connectivity index (χ0v) is 7.92. The van der Waals surface area contributed by atoms with Crippen LogP contribution in [-0.4, -0.2) is 0 Å². The number of allylic oxidation sites excluding steroid dienone is 1. The van der Waals surface area contributed by atoms with E-state index in [2.05, 4.69) is 6.58 Å². The Labute approximate surface area is 78.0 Å². The Morgan fingerprint density at radius 3 is 3.00 bits per heavy atom. The van der Waals surface area contributed by atoms with Crippen LogP contribution in [0.15, 0.2) is 29.5 Å². The Kier molecular flexibility index (Phi) is 1.98.